The number of halogens is 1. The quantitative estimate of drug-likeness (QED) is 0.311. The summed E-state index contributed by atoms with van der Waals surface area (Å²) in [5.41, 5.74) is 1.32. The minimum atomic E-state index is -4.06. The maximum atomic E-state index is 13.4. The van der Waals surface area contributed by atoms with Gasteiger partial charge in [-0.1, -0.05) is 72.4 Å². The number of carbonyl (C=O) groups is 1. The van der Waals surface area contributed by atoms with Gasteiger partial charge in [-0.15, -0.1) is 0 Å². The van der Waals surface area contributed by atoms with E-state index in [1.807, 2.05) is 54.6 Å². The van der Waals surface area contributed by atoms with Crippen LogP contribution in [0.3, 0.4) is 0 Å². The fourth-order valence-electron chi connectivity index (χ4n) is 3.39. The Morgan fingerprint density at radius 2 is 1.40 bits per heavy atom. The first-order valence-electron chi connectivity index (χ1n) is 10.8. The number of nitrogens with one attached hydrogen (secondary N) is 1. The predicted molar refractivity (Wildman–Crippen MR) is 136 cm³/mol. The third-order valence-corrected chi connectivity index (χ3v) is 7.99. The van der Waals surface area contributed by atoms with Crippen LogP contribution in [0.5, 0.6) is 0 Å². The van der Waals surface area contributed by atoms with Crippen LogP contribution in [-0.4, -0.2) is 25.2 Å². The molecule has 0 spiro atoms. The number of sulfonamides is 1. The van der Waals surface area contributed by atoms with Crippen LogP contribution in [0.15, 0.2) is 124 Å². The summed E-state index contributed by atoms with van der Waals surface area (Å²) in [7, 11) is -4.06. The Morgan fingerprint density at radius 3 is 2.09 bits per heavy atom. The smallest absolute Gasteiger partial charge is 0.243 e. The van der Waals surface area contributed by atoms with Crippen molar-refractivity contribution >= 4 is 33.4 Å². The Kier molecular flexibility index (Phi) is 7.97. The first kappa shape index (κ1) is 24.7. The normalized spacial score (nSPS) is 11.4. The Labute approximate surface area is 208 Å². The molecule has 0 atom stereocenters. The van der Waals surface area contributed by atoms with Gasteiger partial charge in [-0.2, -0.15) is 4.31 Å². The third kappa shape index (κ3) is 6.57. The van der Waals surface area contributed by atoms with Gasteiger partial charge in [-0.3, -0.25) is 4.79 Å². The highest BCUT2D eigenvalue weighted by molar-refractivity contribution is 7.99. The van der Waals surface area contributed by atoms with Crippen LogP contribution in [0, 0.1) is 5.82 Å². The molecule has 4 aromatic carbocycles. The molecular weight excluding hydrogens is 483 g/mol. The second-order valence-electron chi connectivity index (χ2n) is 7.67. The van der Waals surface area contributed by atoms with Gasteiger partial charge in [-0.25, -0.2) is 12.8 Å². The topological polar surface area (TPSA) is 66.5 Å². The Balaban J connectivity index is 1.57. The number of hydrogen-bond donors (Lipinski definition) is 1. The minimum Gasteiger partial charge on any atom is -0.324 e. The number of carbonyl (C=O) groups excluding carboxylic acids is 1. The molecule has 4 rings (SSSR count). The van der Waals surface area contributed by atoms with E-state index >= 15 is 0 Å². The number of nitrogens with zero attached hydrogens (tertiary/aromatic N) is 1. The van der Waals surface area contributed by atoms with Gasteiger partial charge in [0.1, 0.15) is 5.82 Å². The van der Waals surface area contributed by atoms with E-state index in [4.69, 9.17) is 0 Å². The summed E-state index contributed by atoms with van der Waals surface area (Å²) in [4.78, 5) is 14.8. The molecule has 0 heterocycles. The Hall–Kier alpha value is -3.46. The van der Waals surface area contributed by atoms with Crippen molar-refractivity contribution in [2.24, 2.45) is 0 Å². The van der Waals surface area contributed by atoms with E-state index < -0.39 is 28.3 Å². The molecule has 0 aliphatic heterocycles. The van der Waals surface area contributed by atoms with Crippen LogP contribution in [0.4, 0.5) is 10.1 Å². The van der Waals surface area contributed by atoms with E-state index in [2.05, 4.69) is 5.32 Å². The summed E-state index contributed by atoms with van der Waals surface area (Å²) < 4.78 is 41.2. The molecule has 0 saturated heterocycles. The van der Waals surface area contributed by atoms with Gasteiger partial charge < -0.3 is 5.32 Å². The van der Waals surface area contributed by atoms with Crippen LogP contribution in [0.25, 0.3) is 0 Å². The van der Waals surface area contributed by atoms with Crippen molar-refractivity contribution in [2.45, 2.75) is 21.2 Å². The molecule has 0 unspecified atom stereocenters. The molecule has 178 valence electrons. The Morgan fingerprint density at radius 1 is 0.800 bits per heavy atom. The molecule has 4 aromatic rings. The monoisotopic (exact) mass is 506 g/mol. The molecule has 1 amide bonds. The van der Waals surface area contributed by atoms with Gasteiger partial charge in [0.05, 0.1) is 17.1 Å². The number of benzene rings is 4. The number of hydrogen-bond acceptors (Lipinski definition) is 4. The molecule has 0 fully saturated rings. The SMILES string of the molecule is O=C(CN(Cc1ccccc1)S(=O)(=O)c1ccc(F)cc1)Nc1ccccc1Sc1ccccc1. The summed E-state index contributed by atoms with van der Waals surface area (Å²) in [6.07, 6.45) is 0. The molecule has 0 aliphatic rings. The highest BCUT2D eigenvalue weighted by Gasteiger charge is 2.27. The Bertz CT molecular complexity index is 1380. The predicted octanol–water partition coefficient (Wildman–Crippen LogP) is 5.81. The molecule has 0 aromatic heterocycles. The highest BCUT2D eigenvalue weighted by Crippen LogP contribution is 2.33. The zero-order chi connectivity index (χ0) is 24.7. The summed E-state index contributed by atoms with van der Waals surface area (Å²) in [6, 6.07) is 30.7. The van der Waals surface area contributed by atoms with Gasteiger partial charge in [0, 0.05) is 16.3 Å². The van der Waals surface area contributed by atoms with E-state index in [0.29, 0.717) is 5.69 Å². The van der Waals surface area contributed by atoms with Crippen LogP contribution in [0.1, 0.15) is 5.56 Å². The zero-order valence-electron chi connectivity index (χ0n) is 18.7. The van der Waals surface area contributed by atoms with Gasteiger partial charge >= 0.3 is 0 Å². The third-order valence-electron chi connectivity index (χ3n) is 5.11. The van der Waals surface area contributed by atoms with Crippen molar-refractivity contribution in [1.29, 1.82) is 0 Å². The van der Waals surface area contributed by atoms with Crippen molar-refractivity contribution < 1.29 is 17.6 Å². The molecule has 0 bridgehead atoms. The van der Waals surface area contributed by atoms with Crippen molar-refractivity contribution in [1.82, 2.24) is 4.31 Å². The van der Waals surface area contributed by atoms with E-state index in [0.717, 1.165) is 31.8 Å². The average Bonchev–Trinajstić information content (AvgIpc) is 2.86. The molecule has 35 heavy (non-hydrogen) atoms. The molecular formula is C27H23FN2O3S2. The van der Waals surface area contributed by atoms with Crippen molar-refractivity contribution in [3.63, 3.8) is 0 Å². The molecule has 0 aliphatic carbocycles. The maximum Gasteiger partial charge on any atom is 0.243 e. The van der Waals surface area contributed by atoms with Crippen LogP contribution in [-0.2, 0) is 21.4 Å². The summed E-state index contributed by atoms with van der Waals surface area (Å²) in [5, 5.41) is 2.85. The lowest BCUT2D eigenvalue weighted by atomic mass is 10.2. The van der Waals surface area contributed by atoms with Crippen LogP contribution < -0.4 is 5.32 Å². The van der Waals surface area contributed by atoms with Gasteiger partial charge in [0.25, 0.3) is 0 Å². The largest absolute Gasteiger partial charge is 0.324 e. The van der Waals surface area contributed by atoms with Crippen molar-refractivity contribution in [2.75, 3.05) is 11.9 Å². The average molecular weight is 507 g/mol. The van der Waals surface area contributed by atoms with Gasteiger partial charge in [0.2, 0.25) is 15.9 Å². The molecule has 0 radical (unpaired) electrons. The van der Waals surface area contributed by atoms with Crippen molar-refractivity contribution in [3.8, 4) is 0 Å². The molecule has 8 heteroatoms. The first-order chi connectivity index (χ1) is 16.9. The second-order valence-corrected chi connectivity index (χ2v) is 10.7. The standard InChI is InChI=1S/C27H23FN2O3S2/c28-22-15-17-24(18-16-22)35(32,33)30(19-21-9-3-1-4-10-21)20-27(31)29-25-13-7-8-14-26(25)34-23-11-5-2-6-12-23/h1-18H,19-20H2,(H,29,31). The lowest BCUT2D eigenvalue weighted by molar-refractivity contribution is -0.116. The fourth-order valence-corrected chi connectivity index (χ4v) is 5.70. The second kappa shape index (κ2) is 11.3. The van der Waals surface area contributed by atoms with E-state index in [1.54, 1.807) is 30.3 Å². The minimum absolute atomic E-state index is 0.00557. The lowest BCUT2D eigenvalue weighted by Crippen LogP contribution is -2.37. The lowest BCUT2D eigenvalue weighted by Gasteiger charge is -2.22. The maximum absolute atomic E-state index is 13.4. The molecule has 1 N–H and O–H groups in total. The first-order valence-corrected chi connectivity index (χ1v) is 13.1. The highest BCUT2D eigenvalue weighted by atomic mass is 32.2. The summed E-state index contributed by atoms with van der Waals surface area (Å²) in [6.45, 7) is -0.409. The van der Waals surface area contributed by atoms with E-state index in [1.165, 1.54) is 23.9 Å². The van der Waals surface area contributed by atoms with E-state index in [9.17, 15) is 17.6 Å². The number of amides is 1. The van der Waals surface area contributed by atoms with Gasteiger partial charge in [-0.05, 0) is 54.1 Å². The summed E-state index contributed by atoms with van der Waals surface area (Å²) in [5.74, 6) is -1.02. The number of anilines is 1. The van der Waals surface area contributed by atoms with Crippen LogP contribution in [0.2, 0.25) is 0 Å². The van der Waals surface area contributed by atoms with E-state index in [-0.39, 0.29) is 11.4 Å². The summed E-state index contributed by atoms with van der Waals surface area (Å²) >= 11 is 1.50. The zero-order valence-corrected chi connectivity index (χ0v) is 20.3. The van der Waals surface area contributed by atoms with Gasteiger partial charge in [0.15, 0.2) is 0 Å². The molecule has 5 nitrogen and oxygen atoms in total. The number of rotatable bonds is 9. The van der Waals surface area contributed by atoms with Crippen LogP contribution >= 0.6 is 11.8 Å². The fraction of sp³-hybridized carbons (Fsp3) is 0.0741. The molecule has 0 saturated carbocycles. The van der Waals surface area contributed by atoms with Crippen molar-refractivity contribution in [3.05, 3.63) is 121 Å². The number of para-hydroxylation sites is 1.